The van der Waals surface area contributed by atoms with E-state index in [1.54, 1.807) is 6.92 Å². The molecule has 0 amide bonds. The second-order valence-corrected chi connectivity index (χ2v) is 5.19. The van der Waals surface area contributed by atoms with E-state index in [0.29, 0.717) is 12.3 Å². The van der Waals surface area contributed by atoms with Gasteiger partial charge in [0.1, 0.15) is 12.2 Å². The van der Waals surface area contributed by atoms with Crippen LogP contribution in [0, 0.1) is 11.3 Å². The molecule has 0 aliphatic rings. The fourth-order valence-electron chi connectivity index (χ4n) is 1.75. The van der Waals surface area contributed by atoms with Gasteiger partial charge in [0.05, 0.1) is 12.5 Å². The van der Waals surface area contributed by atoms with E-state index in [4.69, 9.17) is 10.5 Å². The van der Waals surface area contributed by atoms with E-state index in [-0.39, 0.29) is 12.5 Å². The van der Waals surface area contributed by atoms with E-state index in [1.165, 1.54) is 13.4 Å². The summed E-state index contributed by atoms with van der Waals surface area (Å²) >= 11 is 0. The Morgan fingerprint density at radius 1 is 1.61 bits per heavy atom. The molecule has 18 heavy (non-hydrogen) atoms. The van der Waals surface area contributed by atoms with Crippen LogP contribution < -0.4 is 5.73 Å². The molecule has 6 heteroatoms. The Bertz CT molecular complexity index is 403. The van der Waals surface area contributed by atoms with Crippen LogP contribution in [0.25, 0.3) is 0 Å². The Balaban J connectivity index is 2.88. The number of aromatic nitrogens is 3. The molecule has 0 saturated carbocycles. The lowest BCUT2D eigenvalue weighted by Gasteiger charge is -2.24. The molecule has 2 N–H and O–H groups in total. The first kappa shape index (κ1) is 14.6. The normalized spacial score (nSPS) is 14.6. The Labute approximate surface area is 108 Å². The van der Waals surface area contributed by atoms with Gasteiger partial charge < -0.3 is 10.5 Å². The van der Waals surface area contributed by atoms with Crippen molar-refractivity contribution in [2.24, 2.45) is 17.1 Å². The quantitative estimate of drug-likeness (QED) is 0.752. The van der Waals surface area contributed by atoms with Crippen molar-refractivity contribution < 1.29 is 9.53 Å². The summed E-state index contributed by atoms with van der Waals surface area (Å²) in [6, 6.07) is 0. The summed E-state index contributed by atoms with van der Waals surface area (Å²) in [7, 11) is 1.37. The van der Waals surface area contributed by atoms with Crippen LogP contribution in [0.4, 0.5) is 0 Å². The summed E-state index contributed by atoms with van der Waals surface area (Å²) < 4.78 is 6.62. The van der Waals surface area contributed by atoms with Crippen LogP contribution in [0.5, 0.6) is 0 Å². The van der Waals surface area contributed by atoms with Crippen LogP contribution in [-0.4, -0.2) is 34.4 Å². The summed E-state index contributed by atoms with van der Waals surface area (Å²) in [4.78, 5) is 16.0. The highest BCUT2D eigenvalue weighted by atomic mass is 16.5. The average molecular weight is 254 g/mol. The lowest BCUT2D eigenvalue weighted by Crippen LogP contribution is -2.39. The molecule has 102 valence electrons. The molecular weight excluding hydrogens is 232 g/mol. The molecule has 0 aromatic carbocycles. The summed E-state index contributed by atoms with van der Waals surface area (Å²) in [6.07, 6.45) is 1.94. The third-order valence-electron chi connectivity index (χ3n) is 2.91. The van der Waals surface area contributed by atoms with Gasteiger partial charge in [-0.1, -0.05) is 13.8 Å². The average Bonchev–Trinajstić information content (AvgIpc) is 2.74. The SMILES string of the molecule is COC(=O)C(C)(CN)Cc1ncnn1CC(C)C. The fraction of sp³-hybridized carbons (Fsp3) is 0.750. The molecular formula is C12H22N4O2. The Hall–Kier alpha value is -1.43. The van der Waals surface area contributed by atoms with E-state index < -0.39 is 5.41 Å². The second kappa shape index (κ2) is 5.95. The van der Waals surface area contributed by atoms with Gasteiger partial charge in [0.2, 0.25) is 0 Å². The molecule has 6 nitrogen and oxygen atoms in total. The maximum absolute atomic E-state index is 11.8. The van der Waals surface area contributed by atoms with E-state index in [9.17, 15) is 4.79 Å². The van der Waals surface area contributed by atoms with E-state index >= 15 is 0 Å². The van der Waals surface area contributed by atoms with Gasteiger partial charge in [-0.15, -0.1) is 0 Å². The van der Waals surface area contributed by atoms with Crippen molar-refractivity contribution in [2.75, 3.05) is 13.7 Å². The molecule has 1 atom stereocenters. The number of nitrogens with zero attached hydrogens (tertiary/aromatic N) is 3. The minimum Gasteiger partial charge on any atom is -0.469 e. The zero-order valence-electron chi connectivity index (χ0n) is 11.5. The largest absolute Gasteiger partial charge is 0.469 e. The molecule has 0 bridgehead atoms. The first-order chi connectivity index (χ1) is 8.42. The van der Waals surface area contributed by atoms with Crippen molar-refractivity contribution in [3.05, 3.63) is 12.2 Å². The van der Waals surface area contributed by atoms with Gasteiger partial charge in [-0.2, -0.15) is 5.10 Å². The van der Waals surface area contributed by atoms with Crippen molar-refractivity contribution in [3.63, 3.8) is 0 Å². The number of methoxy groups -OCH3 is 1. The third kappa shape index (κ3) is 3.29. The van der Waals surface area contributed by atoms with Crippen LogP contribution in [0.2, 0.25) is 0 Å². The zero-order chi connectivity index (χ0) is 13.8. The van der Waals surface area contributed by atoms with Crippen molar-refractivity contribution in [2.45, 2.75) is 33.7 Å². The van der Waals surface area contributed by atoms with Gasteiger partial charge in [-0.25, -0.2) is 9.67 Å². The molecule has 0 aliphatic heterocycles. The second-order valence-electron chi connectivity index (χ2n) is 5.19. The zero-order valence-corrected chi connectivity index (χ0v) is 11.5. The van der Waals surface area contributed by atoms with Crippen molar-refractivity contribution in [3.8, 4) is 0 Å². The van der Waals surface area contributed by atoms with E-state index in [0.717, 1.165) is 12.4 Å². The predicted molar refractivity (Wildman–Crippen MR) is 67.7 cm³/mol. The molecule has 0 spiro atoms. The van der Waals surface area contributed by atoms with E-state index in [1.807, 2.05) is 4.68 Å². The first-order valence-corrected chi connectivity index (χ1v) is 6.08. The van der Waals surface area contributed by atoms with Gasteiger partial charge in [-0.05, 0) is 12.8 Å². The van der Waals surface area contributed by atoms with Crippen LogP contribution in [-0.2, 0) is 22.5 Å². The number of esters is 1. The Morgan fingerprint density at radius 2 is 2.28 bits per heavy atom. The highest BCUT2D eigenvalue weighted by molar-refractivity contribution is 5.76. The number of rotatable bonds is 6. The van der Waals surface area contributed by atoms with Gasteiger partial charge in [-0.3, -0.25) is 4.79 Å². The number of ether oxygens (including phenoxy) is 1. The van der Waals surface area contributed by atoms with Crippen molar-refractivity contribution in [1.29, 1.82) is 0 Å². The Morgan fingerprint density at radius 3 is 2.78 bits per heavy atom. The van der Waals surface area contributed by atoms with Gasteiger partial charge >= 0.3 is 5.97 Å². The number of hydrogen-bond donors (Lipinski definition) is 1. The minimum atomic E-state index is -0.753. The molecule has 1 aromatic heterocycles. The van der Waals surface area contributed by atoms with Gasteiger partial charge in [0, 0.05) is 19.5 Å². The summed E-state index contributed by atoms with van der Waals surface area (Å²) in [5.41, 5.74) is 4.94. The topological polar surface area (TPSA) is 83.0 Å². The maximum Gasteiger partial charge on any atom is 0.313 e. The smallest absolute Gasteiger partial charge is 0.313 e. The summed E-state index contributed by atoms with van der Waals surface area (Å²) in [5.74, 6) is 0.916. The molecule has 0 fully saturated rings. The summed E-state index contributed by atoms with van der Waals surface area (Å²) in [5, 5.41) is 4.17. The monoisotopic (exact) mass is 254 g/mol. The molecule has 0 aliphatic carbocycles. The molecule has 1 heterocycles. The molecule has 1 aromatic rings. The maximum atomic E-state index is 11.8. The van der Waals surface area contributed by atoms with Crippen LogP contribution in [0.3, 0.4) is 0 Å². The molecule has 0 radical (unpaired) electrons. The predicted octanol–water partition coefficient (Wildman–Crippen LogP) is 0.615. The standard InChI is InChI=1S/C12H22N4O2/c1-9(2)6-16-10(14-8-15-16)5-12(3,7-13)11(17)18-4/h8-9H,5-7,13H2,1-4H3. The van der Waals surface area contributed by atoms with Crippen LogP contribution >= 0.6 is 0 Å². The van der Waals surface area contributed by atoms with Crippen molar-refractivity contribution in [1.82, 2.24) is 14.8 Å². The molecule has 1 rings (SSSR count). The third-order valence-corrected chi connectivity index (χ3v) is 2.91. The fourth-order valence-corrected chi connectivity index (χ4v) is 1.75. The van der Waals surface area contributed by atoms with Gasteiger partial charge in [0.25, 0.3) is 0 Å². The molecule has 1 unspecified atom stereocenters. The van der Waals surface area contributed by atoms with Crippen molar-refractivity contribution >= 4 is 5.97 Å². The van der Waals surface area contributed by atoms with Gasteiger partial charge in [0.15, 0.2) is 0 Å². The highest BCUT2D eigenvalue weighted by Crippen LogP contribution is 2.22. The number of carbonyl (C=O) groups is 1. The lowest BCUT2D eigenvalue weighted by atomic mass is 9.86. The Kier molecular flexibility index (Phi) is 4.84. The number of hydrogen-bond acceptors (Lipinski definition) is 5. The lowest BCUT2D eigenvalue weighted by molar-refractivity contribution is -0.151. The highest BCUT2D eigenvalue weighted by Gasteiger charge is 2.34. The van der Waals surface area contributed by atoms with E-state index in [2.05, 4.69) is 23.9 Å². The number of carbonyl (C=O) groups excluding carboxylic acids is 1. The summed E-state index contributed by atoms with van der Waals surface area (Å²) in [6.45, 7) is 6.99. The van der Waals surface area contributed by atoms with Crippen LogP contribution in [0.1, 0.15) is 26.6 Å². The van der Waals surface area contributed by atoms with Crippen LogP contribution in [0.15, 0.2) is 6.33 Å². The molecule has 0 saturated heterocycles. The minimum absolute atomic E-state index is 0.216. The number of nitrogens with two attached hydrogens (primary N) is 1. The first-order valence-electron chi connectivity index (χ1n) is 6.08.